The number of carboxylic acids is 1. The lowest BCUT2D eigenvalue weighted by molar-refractivity contribution is -0.143. The molecule has 1 amide bonds. The first-order chi connectivity index (χ1) is 7.55. The number of aliphatic carboxylic acids is 1. The highest BCUT2D eigenvalue weighted by Crippen LogP contribution is 2.36. The molecule has 0 bridgehead atoms. The molecule has 4 nitrogen and oxygen atoms in total. The molecule has 0 aromatic carbocycles. The van der Waals surface area contributed by atoms with Crippen LogP contribution in [0, 0.1) is 5.92 Å². The Balaban J connectivity index is 2.52. The standard InChI is InChI=1S/C12H21NO3/c1-3-5-9(6-4-2)10(14)13-12(7-8-12)11(15)16/h9H,3-8H2,1-2H3,(H,13,14)(H,15,16). The van der Waals surface area contributed by atoms with Gasteiger partial charge >= 0.3 is 5.97 Å². The fourth-order valence-electron chi connectivity index (χ4n) is 1.96. The van der Waals surface area contributed by atoms with Gasteiger partial charge in [0, 0.05) is 5.92 Å². The molecule has 2 N–H and O–H groups in total. The van der Waals surface area contributed by atoms with E-state index in [-0.39, 0.29) is 11.8 Å². The van der Waals surface area contributed by atoms with Gasteiger partial charge in [-0.25, -0.2) is 4.79 Å². The Labute approximate surface area is 96.4 Å². The van der Waals surface area contributed by atoms with Crippen molar-refractivity contribution in [1.29, 1.82) is 0 Å². The van der Waals surface area contributed by atoms with Crippen LogP contribution in [-0.4, -0.2) is 22.5 Å². The first kappa shape index (κ1) is 13.0. The van der Waals surface area contributed by atoms with E-state index in [1.54, 1.807) is 0 Å². The van der Waals surface area contributed by atoms with Crippen molar-refractivity contribution in [2.45, 2.75) is 57.9 Å². The van der Waals surface area contributed by atoms with Crippen LogP contribution in [0.25, 0.3) is 0 Å². The van der Waals surface area contributed by atoms with Gasteiger partial charge in [-0.15, -0.1) is 0 Å². The summed E-state index contributed by atoms with van der Waals surface area (Å²) in [6, 6.07) is 0. The fraction of sp³-hybridized carbons (Fsp3) is 0.833. The van der Waals surface area contributed by atoms with Gasteiger partial charge in [-0.1, -0.05) is 26.7 Å². The Hall–Kier alpha value is -1.06. The zero-order valence-corrected chi connectivity index (χ0v) is 10.1. The van der Waals surface area contributed by atoms with E-state index in [9.17, 15) is 9.59 Å². The molecule has 0 unspecified atom stereocenters. The van der Waals surface area contributed by atoms with Gasteiger partial charge in [-0.2, -0.15) is 0 Å². The van der Waals surface area contributed by atoms with E-state index >= 15 is 0 Å². The molecule has 0 aliphatic heterocycles. The highest BCUT2D eigenvalue weighted by molar-refractivity contribution is 5.90. The number of carboxylic acid groups (broad SMARTS) is 1. The van der Waals surface area contributed by atoms with Gasteiger partial charge in [0.2, 0.25) is 5.91 Å². The van der Waals surface area contributed by atoms with Crippen LogP contribution in [-0.2, 0) is 9.59 Å². The second-order valence-electron chi connectivity index (χ2n) is 4.65. The molecule has 1 saturated carbocycles. The molecule has 0 heterocycles. The zero-order valence-electron chi connectivity index (χ0n) is 10.1. The molecule has 16 heavy (non-hydrogen) atoms. The van der Waals surface area contributed by atoms with Crippen molar-refractivity contribution in [1.82, 2.24) is 5.32 Å². The van der Waals surface area contributed by atoms with E-state index in [0.29, 0.717) is 12.8 Å². The lowest BCUT2D eigenvalue weighted by atomic mass is 9.97. The minimum atomic E-state index is -0.934. The Morgan fingerprint density at radius 3 is 2.06 bits per heavy atom. The van der Waals surface area contributed by atoms with Crippen molar-refractivity contribution < 1.29 is 14.7 Å². The lowest BCUT2D eigenvalue weighted by Gasteiger charge is -2.19. The maximum absolute atomic E-state index is 11.9. The number of hydrogen-bond donors (Lipinski definition) is 2. The summed E-state index contributed by atoms with van der Waals surface area (Å²) < 4.78 is 0. The van der Waals surface area contributed by atoms with Crippen molar-refractivity contribution in [2.75, 3.05) is 0 Å². The minimum Gasteiger partial charge on any atom is -0.480 e. The molecule has 0 aromatic rings. The van der Waals surface area contributed by atoms with Gasteiger partial charge in [-0.3, -0.25) is 4.79 Å². The van der Waals surface area contributed by atoms with Crippen molar-refractivity contribution in [3.63, 3.8) is 0 Å². The summed E-state index contributed by atoms with van der Waals surface area (Å²) >= 11 is 0. The molecular formula is C12H21NO3. The molecule has 0 radical (unpaired) electrons. The summed E-state index contributed by atoms with van der Waals surface area (Å²) in [5.74, 6) is -0.997. The van der Waals surface area contributed by atoms with E-state index in [1.165, 1.54) is 0 Å². The van der Waals surface area contributed by atoms with Crippen LogP contribution in [0.1, 0.15) is 52.4 Å². The molecule has 1 fully saturated rings. The maximum Gasteiger partial charge on any atom is 0.329 e. The molecule has 0 saturated heterocycles. The highest BCUT2D eigenvalue weighted by atomic mass is 16.4. The van der Waals surface area contributed by atoms with Gasteiger partial charge in [0.25, 0.3) is 0 Å². The molecule has 1 aliphatic rings. The molecule has 0 aromatic heterocycles. The Bertz CT molecular complexity index is 265. The summed E-state index contributed by atoms with van der Waals surface area (Å²) in [4.78, 5) is 22.9. The summed E-state index contributed by atoms with van der Waals surface area (Å²) in [6.45, 7) is 4.08. The van der Waals surface area contributed by atoms with E-state index in [4.69, 9.17) is 5.11 Å². The van der Waals surface area contributed by atoms with Gasteiger partial charge in [0.1, 0.15) is 5.54 Å². The third kappa shape index (κ3) is 2.97. The Morgan fingerprint density at radius 1 is 1.25 bits per heavy atom. The Morgan fingerprint density at radius 2 is 1.75 bits per heavy atom. The number of carbonyl (C=O) groups excluding carboxylic acids is 1. The van der Waals surface area contributed by atoms with E-state index < -0.39 is 11.5 Å². The average molecular weight is 227 g/mol. The first-order valence-electron chi connectivity index (χ1n) is 6.11. The van der Waals surface area contributed by atoms with Crippen molar-refractivity contribution in [3.05, 3.63) is 0 Å². The largest absolute Gasteiger partial charge is 0.480 e. The van der Waals surface area contributed by atoms with Gasteiger partial charge in [0.05, 0.1) is 0 Å². The van der Waals surface area contributed by atoms with E-state index in [0.717, 1.165) is 25.7 Å². The van der Waals surface area contributed by atoms with Crippen LogP contribution in [0.2, 0.25) is 0 Å². The molecule has 0 atom stereocenters. The first-order valence-corrected chi connectivity index (χ1v) is 6.11. The predicted octanol–water partition coefficient (Wildman–Crippen LogP) is 1.94. The second kappa shape index (κ2) is 5.32. The van der Waals surface area contributed by atoms with Crippen LogP contribution in [0.3, 0.4) is 0 Å². The maximum atomic E-state index is 11.9. The third-order valence-electron chi connectivity index (χ3n) is 3.17. The van der Waals surface area contributed by atoms with Crippen molar-refractivity contribution in [2.24, 2.45) is 5.92 Å². The van der Waals surface area contributed by atoms with E-state index in [2.05, 4.69) is 5.32 Å². The summed E-state index contributed by atoms with van der Waals surface area (Å²) in [5, 5.41) is 11.7. The fourth-order valence-corrected chi connectivity index (χ4v) is 1.96. The summed E-state index contributed by atoms with van der Waals surface area (Å²) in [6.07, 6.45) is 4.74. The van der Waals surface area contributed by atoms with Crippen LogP contribution in [0.15, 0.2) is 0 Å². The highest BCUT2D eigenvalue weighted by Gasteiger charge is 2.52. The molecule has 92 valence electrons. The van der Waals surface area contributed by atoms with Crippen LogP contribution < -0.4 is 5.32 Å². The minimum absolute atomic E-state index is 0.0215. The quantitative estimate of drug-likeness (QED) is 0.698. The molecule has 0 spiro atoms. The van der Waals surface area contributed by atoms with Crippen molar-refractivity contribution in [3.8, 4) is 0 Å². The Kier molecular flexibility index (Phi) is 4.33. The van der Waals surface area contributed by atoms with Crippen LogP contribution in [0.4, 0.5) is 0 Å². The number of hydrogen-bond acceptors (Lipinski definition) is 2. The average Bonchev–Trinajstić information content (AvgIpc) is 2.98. The SMILES string of the molecule is CCCC(CCC)C(=O)NC1(C(=O)O)CC1. The smallest absolute Gasteiger partial charge is 0.329 e. The molecule has 1 aliphatic carbocycles. The van der Waals surface area contributed by atoms with E-state index in [1.807, 2.05) is 13.8 Å². The molecular weight excluding hydrogens is 206 g/mol. The van der Waals surface area contributed by atoms with Crippen LogP contribution >= 0.6 is 0 Å². The second-order valence-corrected chi connectivity index (χ2v) is 4.65. The zero-order chi connectivity index (χ0) is 12.2. The molecule has 4 heteroatoms. The topological polar surface area (TPSA) is 66.4 Å². The normalized spacial score (nSPS) is 17.2. The number of amides is 1. The molecule has 1 rings (SSSR count). The number of rotatable bonds is 7. The summed E-state index contributed by atoms with van der Waals surface area (Å²) in [5.41, 5.74) is -0.934. The van der Waals surface area contributed by atoms with Gasteiger partial charge < -0.3 is 10.4 Å². The van der Waals surface area contributed by atoms with Gasteiger partial charge in [0.15, 0.2) is 0 Å². The number of carbonyl (C=O) groups is 2. The predicted molar refractivity (Wildman–Crippen MR) is 61.0 cm³/mol. The number of nitrogens with one attached hydrogen (secondary N) is 1. The lowest BCUT2D eigenvalue weighted by Crippen LogP contribution is -2.45. The van der Waals surface area contributed by atoms with Crippen LogP contribution in [0.5, 0.6) is 0 Å². The van der Waals surface area contributed by atoms with Gasteiger partial charge in [-0.05, 0) is 25.7 Å². The third-order valence-corrected chi connectivity index (χ3v) is 3.17. The van der Waals surface area contributed by atoms with Crippen molar-refractivity contribution >= 4 is 11.9 Å². The monoisotopic (exact) mass is 227 g/mol. The summed E-state index contributed by atoms with van der Waals surface area (Å²) in [7, 11) is 0.